The highest BCUT2D eigenvalue weighted by Crippen LogP contribution is 2.29. The Bertz CT molecular complexity index is 923. The van der Waals surface area contributed by atoms with Gasteiger partial charge in [-0.15, -0.1) is 0 Å². The lowest BCUT2D eigenvalue weighted by Crippen LogP contribution is -2.40. The van der Waals surface area contributed by atoms with Gasteiger partial charge >= 0.3 is 0 Å². The molecule has 0 heterocycles. The summed E-state index contributed by atoms with van der Waals surface area (Å²) >= 11 is 0. The van der Waals surface area contributed by atoms with Crippen molar-refractivity contribution in [1.29, 1.82) is 0 Å². The van der Waals surface area contributed by atoms with Gasteiger partial charge in [0.1, 0.15) is 0 Å². The summed E-state index contributed by atoms with van der Waals surface area (Å²) in [5, 5.41) is 4.11. The molecule has 0 saturated heterocycles. The number of likely N-dealkylation sites (N-methyl/N-ethyl adjacent to an activating group) is 1. The molecule has 6 heteroatoms. The first-order chi connectivity index (χ1) is 13.0. The first-order valence-electron chi connectivity index (χ1n) is 9.02. The summed E-state index contributed by atoms with van der Waals surface area (Å²) in [5.41, 5.74) is 3.17. The van der Waals surface area contributed by atoms with Gasteiger partial charge in [0.25, 0.3) is 0 Å². The predicted octanol–water partition coefficient (Wildman–Crippen LogP) is 3.11. The highest BCUT2D eigenvalue weighted by atomic mass is 32.2. The van der Waals surface area contributed by atoms with Crippen molar-refractivity contribution in [2.75, 3.05) is 13.6 Å². The number of amides is 1. The molecule has 1 N–H and O–H groups in total. The Morgan fingerprint density at radius 1 is 1.15 bits per heavy atom. The van der Waals surface area contributed by atoms with Gasteiger partial charge in [-0.1, -0.05) is 54.6 Å². The van der Waals surface area contributed by atoms with Crippen LogP contribution in [0.1, 0.15) is 35.6 Å². The summed E-state index contributed by atoms with van der Waals surface area (Å²) in [6.45, 7) is -0.208. The average Bonchev–Trinajstić information content (AvgIpc) is 2.67. The summed E-state index contributed by atoms with van der Waals surface area (Å²) in [6.07, 6.45) is 4.42. The number of rotatable bonds is 6. The van der Waals surface area contributed by atoms with Crippen LogP contribution in [0.4, 0.5) is 0 Å². The molecule has 5 nitrogen and oxygen atoms in total. The molecule has 0 radical (unpaired) electrons. The number of aryl methyl sites for hydroxylation is 1. The van der Waals surface area contributed by atoms with Gasteiger partial charge < -0.3 is 5.32 Å². The minimum atomic E-state index is -3.66. The van der Waals surface area contributed by atoms with Crippen LogP contribution in [0.15, 0.2) is 60.0 Å². The van der Waals surface area contributed by atoms with E-state index in [0.29, 0.717) is 0 Å². The van der Waals surface area contributed by atoms with E-state index in [-0.39, 0.29) is 18.5 Å². The molecule has 2 aromatic rings. The number of sulfonamides is 1. The first-order valence-corrected chi connectivity index (χ1v) is 10.5. The van der Waals surface area contributed by atoms with Gasteiger partial charge in [-0.05, 0) is 42.0 Å². The Hall–Kier alpha value is -2.44. The number of fused-ring (bicyclic) bond motifs is 1. The SMILES string of the molecule is CN(CC(=O)N[C@H]1CCCc2ccccc21)S(=O)(=O)/C=C/c1ccccc1. The van der Waals surface area contributed by atoms with E-state index in [0.717, 1.165) is 40.1 Å². The van der Waals surface area contributed by atoms with Crippen LogP contribution in [-0.4, -0.2) is 32.2 Å². The predicted molar refractivity (Wildman–Crippen MR) is 107 cm³/mol. The Morgan fingerprint density at radius 3 is 2.63 bits per heavy atom. The molecule has 1 atom stereocenters. The lowest BCUT2D eigenvalue weighted by molar-refractivity contribution is -0.122. The van der Waals surface area contributed by atoms with Crippen molar-refractivity contribution in [3.63, 3.8) is 0 Å². The van der Waals surface area contributed by atoms with Crippen molar-refractivity contribution >= 4 is 22.0 Å². The standard InChI is InChI=1S/C21H24N2O3S/c1-23(27(25,26)15-14-17-8-3-2-4-9-17)16-21(24)22-20-13-7-11-18-10-5-6-12-19(18)20/h2-6,8-10,12,14-15,20H,7,11,13,16H2,1H3,(H,22,24)/b15-14+/t20-/m0/s1. The minimum absolute atomic E-state index is 0.0570. The molecule has 0 unspecified atom stereocenters. The lowest BCUT2D eigenvalue weighted by atomic mass is 9.88. The van der Waals surface area contributed by atoms with E-state index in [4.69, 9.17) is 0 Å². The van der Waals surface area contributed by atoms with Gasteiger partial charge in [0, 0.05) is 12.5 Å². The first kappa shape index (κ1) is 19.3. The second kappa shape index (κ2) is 8.50. The zero-order valence-electron chi connectivity index (χ0n) is 15.3. The fraction of sp³-hybridized carbons (Fsp3) is 0.286. The van der Waals surface area contributed by atoms with Gasteiger partial charge in [0.15, 0.2) is 0 Å². The number of benzene rings is 2. The minimum Gasteiger partial charge on any atom is -0.348 e. The molecule has 0 saturated carbocycles. The molecule has 1 aliphatic carbocycles. The molecule has 0 aliphatic heterocycles. The molecule has 3 rings (SSSR count). The Kier molecular flexibility index (Phi) is 6.08. The molecule has 27 heavy (non-hydrogen) atoms. The molecule has 142 valence electrons. The van der Waals surface area contributed by atoms with Gasteiger partial charge in [0.2, 0.25) is 15.9 Å². The van der Waals surface area contributed by atoms with Crippen LogP contribution in [0.25, 0.3) is 6.08 Å². The Morgan fingerprint density at radius 2 is 1.85 bits per heavy atom. The number of nitrogens with zero attached hydrogens (tertiary/aromatic N) is 1. The fourth-order valence-electron chi connectivity index (χ4n) is 3.27. The molecule has 0 aromatic heterocycles. The highest BCUT2D eigenvalue weighted by molar-refractivity contribution is 7.92. The second-order valence-corrected chi connectivity index (χ2v) is 8.65. The number of hydrogen-bond acceptors (Lipinski definition) is 3. The number of nitrogens with one attached hydrogen (secondary N) is 1. The van der Waals surface area contributed by atoms with Crippen LogP contribution in [-0.2, 0) is 21.2 Å². The van der Waals surface area contributed by atoms with Crippen LogP contribution >= 0.6 is 0 Å². The van der Waals surface area contributed by atoms with Crippen molar-refractivity contribution < 1.29 is 13.2 Å². The number of hydrogen-bond donors (Lipinski definition) is 1. The van der Waals surface area contributed by atoms with Gasteiger partial charge in [-0.3, -0.25) is 4.79 Å². The van der Waals surface area contributed by atoms with E-state index >= 15 is 0 Å². The summed E-state index contributed by atoms with van der Waals surface area (Å²) in [5.74, 6) is -0.295. The van der Waals surface area contributed by atoms with Crippen molar-refractivity contribution in [2.45, 2.75) is 25.3 Å². The zero-order chi connectivity index (χ0) is 19.3. The molecular formula is C21H24N2O3S. The highest BCUT2D eigenvalue weighted by Gasteiger charge is 2.23. The molecule has 1 amide bonds. The summed E-state index contributed by atoms with van der Waals surface area (Å²) < 4.78 is 25.8. The van der Waals surface area contributed by atoms with E-state index in [2.05, 4.69) is 11.4 Å². The van der Waals surface area contributed by atoms with E-state index in [1.807, 2.05) is 48.5 Å². The van der Waals surface area contributed by atoms with E-state index < -0.39 is 10.0 Å². The quantitative estimate of drug-likeness (QED) is 0.832. The topological polar surface area (TPSA) is 66.5 Å². The molecule has 0 spiro atoms. The van der Waals surface area contributed by atoms with E-state index in [9.17, 15) is 13.2 Å². The maximum absolute atomic E-state index is 12.4. The molecule has 2 aromatic carbocycles. The lowest BCUT2D eigenvalue weighted by Gasteiger charge is -2.27. The van der Waals surface area contributed by atoms with Crippen molar-refractivity contribution in [3.8, 4) is 0 Å². The van der Waals surface area contributed by atoms with Crippen molar-refractivity contribution in [1.82, 2.24) is 9.62 Å². The summed E-state index contributed by atoms with van der Waals surface area (Å²) in [7, 11) is -2.25. The monoisotopic (exact) mass is 384 g/mol. The molecule has 1 aliphatic rings. The normalized spacial score (nSPS) is 17.0. The van der Waals surface area contributed by atoms with Crippen molar-refractivity contribution in [2.24, 2.45) is 0 Å². The third kappa shape index (κ3) is 5.05. The summed E-state index contributed by atoms with van der Waals surface area (Å²) in [6, 6.07) is 17.2. The van der Waals surface area contributed by atoms with E-state index in [1.54, 1.807) is 0 Å². The molecular weight excluding hydrogens is 360 g/mol. The van der Waals surface area contributed by atoms with Crippen LogP contribution in [0.5, 0.6) is 0 Å². The maximum atomic E-state index is 12.4. The Balaban J connectivity index is 1.61. The second-order valence-electron chi connectivity index (χ2n) is 6.73. The number of carbonyl (C=O) groups excluding carboxylic acids is 1. The maximum Gasteiger partial charge on any atom is 0.236 e. The van der Waals surface area contributed by atoms with Crippen molar-refractivity contribution in [3.05, 3.63) is 76.7 Å². The third-order valence-corrected chi connectivity index (χ3v) is 6.22. The van der Waals surface area contributed by atoms with Gasteiger partial charge in [0.05, 0.1) is 12.6 Å². The smallest absolute Gasteiger partial charge is 0.236 e. The van der Waals surface area contributed by atoms with Crippen LogP contribution in [0, 0.1) is 0 Å². The third-order valence-electron chi connectivity index (χ3n) is 4.74. The van der Waals surface area contributed by atoms with Crippen LogP contribution < -0.4 is 5.32 Å². The number of carbonyl (C=O) groups is 1. The van der Waals surface area contributed by atoms with Gasteiger partial charge in [-0.25, -0.2) is 8.42 Å². The largest absolute Gasteiger partial charge is 0.348 e. The molecule has 0 bridgehead atoms. The van der Waals surface area contributed by atoms with E-state index in [1.165, 1.54) is 18.7 Å². The van der Waals surface area contributed by atoms with Crippen LogP contribution in [0.3, 0.4) is 0 Å². The fourth-order valence-corrected chi connectivity index (χ4v) is 4.10. The summed E-state index contributed by atoms with van der Waals surface area (Å²) in [4.78, 5) is 12.4. The van der Waals surface area contributed by atoms with Crippen LogP contribution in [0.2, 0.25) is 0 Å². The average molecular weight is 385 g/mol. The van der Waals surface area contributed by atoms with Gasteiger partial charge in [-0.2, -0.15) is 4.31 Å². The molecule has 0 fully saturated rings. The Labute approximate surface area is 160 Å². The zero-order valence-corrected chi connectivity index (χ0v) is 16.2.